The maximum Gasteiger partial charge on any atom is -0.00431 e. The maximum absolute atomic E-state index is 3.49. The molecule has 1 aliphatic heterocycles. The fourth-order valence-electron chi connectivity index (χ4n) is 4.10. The molecule has 0 radical (unpaired) electrons. The highest BCUT2D eigenvalue weighted by Crippen LogP contribution is 2.44. The summed E-state index contributed by atoms with van der Waals surface area (Å²) in [6.07, 6.45) is 8.17. The predicted molar refractivity (Wildman–Crippen MR) is 86.3 cm³/mol. The van der Waals surface area contributed by atoms with E-state index in [2.05, 4.69) is 43.4 Å². The molecule has 1 nitrogen and oxygen atoms in total. The zero-order valence-corrected chi connectivity index (χ0v) is 13.1. The Morgan fingerprint density at radius 2 is 1.35 bits per heavy atom. The van der Waals surface area contributed by atoms with Crippen molar-refractivity contribution in [3.63, 3.8) is 0 Å². The Labute approximate surface area is 124 Å². The van der Waals surface area contributed by atoms with E-state index >= 15 is 0 Å². The van der Waals surface area contributed by atoms with E-state index in [1.165, 1.54) is 51.6 Å². The lowest BCUT2D eigenvalue weighted by atomic mass is 9.69. The average Bonchev–Trinajstić information content (AvgIpc) is 2.48. The number of hydrogen-bond acceptors (Lipinski definition) is 1. The van der Waals surface area contributed by atoms with Crippen LogP contribution in [0.3, 0.4) is 0 Å². The molecule has 1 N–H and O–H groups in total. The first kappa shape index (κ1) is 14.1. The highest BCUT2D eigenvalue weighted by Gasteiger charge is 2.29. The number of benzene rings is 1. The van der Waals surface area contributed by atoms with Gasteiger partial charge in [-0.2, -0.15) is 0 Å². The molecule has 0 bridgehead atoms. The van der Waals surface area contributed by atoms with Crippen LogP contribution >= 0.6 is 0 Å². The second-order valence-electron chi connectivity index (χ2n) is 7.59. The summed E-state index contributed by atoms with van der Waals surface area (Å²) in [5, 5.41) is 3.49. The van der Waals surface area contributed by atoms with Crippen LogP contribution in [0.1, 0.15) is 75.3 Å². The Balaban J connectivity index is 1.79. The van der Waals surface area contributed by atoms with Gasteiger partial charge in [0.25, 0.3) is 0 Å². The number of piperidine rings is 1. The van der Waals surface area contributed by atoms with Gasteiger partial charge < -0.3 is 5.32 Å². The lowest BCUT2D eigenvalue weighted by molar-refractivity contribution is 0.223. The van der Waals surface area contributed by atoms with Gasteiger partial charge in [-0.3, -0.25) is 0 Å². The van der Waals surface area contributed by atoms with Crippen LogP contribution in [-0.4, -0.2) is 13.1 Å². The monoisotopic (exact) mass is 271 g/mol. The highest BCUT2D eigenvalue weighted by molar-refractivity contribution is 5.34. The van der Waals surface area contributed by atoms with Crippen molar-refractivity contribution in [2.75, 3.05) is 13.1 Å². The molecule has 1 heteroatoms. The van der Waals surface area contributed by atoms with E-state index in [1.807, 2.05) is 0 Å². The quantitative estimate of drug-likeness (QED) is 0.811. The molecule has 0 atom stereocenters. The van der Waals surface area contributed by atoms with Crippen LogP contribution in [-0.2, 0) is 0 Å². The van der Waals surface area contributed by atoms with Gasteiger partial charge in [-0.1, -0.05) is 38.1 Å². The Bertz CT molecular complexity index is 433. The molecule has 1 heterocycles. The van der Waals surface area contributed by atoms with Gasteiger partial charge in [-0.15, -0.1) is 0 Å². The molecule has 3 rings (SSSR count). The first-order valence-corrected chi connectivity index (χ1v) is 8.45. The molecular formula is C19H29N. The van der Waals surface area contributed by atoms with Gasteiger partial charge in [0.1, 0.15) is 0 Å². The van der Waals surface area contributed by atoms with Crippen molar-refractivity contribution in [3.8, 4) is 0 Å². The summed E-state index contributed by atoms with van der Waals surface area (Å²) in [6.45, 7) is 7.25. The fourth-order valence-corrected chi connectivity index (χ4v) is 4.10. The van der Waals surface area contributed by atoms with E-state index in [9.17, 15) is 0 Å². The maximum atomic E-state index is 3.49. The van der Waals surface area contributed by atoms with Crippen LogP contribution in [0.2, 0.25) is 0 Å². The molecule has 0 aromatic heterocycles. The van der Waals surface area contributed by atoms with Crippen molar-refractivity contribution in [1.29, 1.82) is 0 Å². The van der Waals surface area contributed by atoms with Gasteiger partial charge in [-0.05, 0) is 80.0 Å². The van der Waals surface area contributed by atoms with Crippen LogP contribution in [0.15, 0.2) is 24.3 Å². The Morgan fingerprint density at radius 3 is 1.90 bits per heavy atom. The van der Waals surface area contributed by atoms with Crippen LogP contribution in [0.4, 0.5) is 0 Å². The molecule has 1 aliphatic carbocycles. The van der Waals surface area contributed by atoms with E-state index in [0.29, 0.717) is 5.41 Å². The largest absolute Gasteiger partial charge is 0.317 e. The molecule has 0 amide bonds. The minimum atomic E-state index is 0.570. The van der Waals surface area contributed by atoms with E-state index in [0.717, 1.165) is 11.8 Å². The SMILES string of the molecule is CC1(C)CCC(c2ccccc2C2CCNCC2)CC1. The van der Waals surface area contributed by atoms with Crippen molar-refractivity contribution in [2.45, 2.75) is 64.2 Å². The number of hydrogen-bond donors (Lipinski definition) is 1. The molecule has 1 aromatic rings. The Kier molecular flexibility index (Phi) is 4.16. The molecule has 2 aliphatic rings. The first-order chi connectivity index (χ1) is 9.66. The standard InChI is InChI=1S/C19H29N/c1-19(2)11-7-15(8-12-19)17-5-3-4-6-18(17)16-9-13-20-14-10-16/h3-6,15-16,20H,7-14H2,1-2H3. The summed E-state index contributed by atoms with van der Waals surface area (Å²) in [5.41, 5.74) is 3.91. The summed E-state index contributed by atoms with van der Waals surface area (Å²) >= 11 is 0. The van der Waals surface area contributed by atoms with E-state index in [-0.39, 0.29) is 0 Å². The molecular weight excluding hydrogens is 242 g/mol. The van der Waals surface area contributed by atoms with Gasteiger partial charge in [-0.25, -0.2) is 0 Å². The van der Waals surface area contributed by atoms with Crippen LogP contribution in [0.5, 0.6) is 0 Å². The highest BCUT2D eigenvalue weighted by atomic mass is 14.9. The van der Waals surface area contributed by atoms with Gasteiger partial charge >= 0.3 is 0 Å². The summed E-state index contributed by atoms with van der Waals surface area (Å²) in [7, 11) is 0. The van der Waals surface area contributed by atoms with Crippen LogP contribution in [0.25, 0.3) is 0 Å². The Morgan fingerprint density at radius 1 is 0.850 bits per heavy atom. The number of rotatable bonds is 2. The van der Waals surface area contributed by atoms with E-state index in [1.54, 1.807) is 11.1 Å². The third-order valence-corrected chi connectivity index (χ3v) is 5.55. The van der Waals surface area contributed by atoms with Gasteiger partial charge in [0.05, 0.1) is 0 Å². The van der Waals surface area contributed by atoms with E-state index in [4.69, 9.17) is 0 Å². The van der Waals surface area contributed by atoms with Crippen molar-refractivity contribution >= 4 is 0 Å². The summed E-state index contributed by atoms with van der Waals surface area (Å²) in [5.74, 6) is 1.61. The lowest BCUT2D eigenvalue weighted by Gasteiger charge is -2.36. The molecule has 110 valence electrons. The lowest BCUT2D eigenvalue weighted by Crippen LogP contribution is -2.27. The molecule has 1 saturated heterocycles. The molecule has 1 saturated carbocycles. The summed E-state index contributed by atoms with van der Waals surface area (Å²) < 4.78 is 0. The van der Waals surface area contributed by atoms with Gasteiger partial charge in [0.2, 0.25) is 0 Å². The second kappa shape index (κ2) is 5.89. The van der Waals surface area contributed by atoms with Gasteiger partial charge in [0, 0.05) is 0 Å². The van der Waals surface area contributed by atoms with Crippen molar-refractivity contribution in [2.24, 2.45) is 5.41 Å². The van der Waals surface area contributed by atoms with Crippen LogP contribution in [0, 0.1) is 5.41 Å². The van der Waals surface area contributed by atoms with Crippen molar-refractivity contribution < 1.29 is 0 Å². The topological polar surface area (TPSA) is 12.0 Å². The van der Waals surface area contributed by atoms with Crippen molar-refractivity contribution in [3.05, 3.63) is 35.4 Å². The normalized spacial score (nSPS) is 24.7. The Hall–Kier alpha value is -0.820. The van der Waals surface area contributed by atoms with E-state index < -0.39 is 0 Å². The molecule has 0 spiro atoms. The molecule has 20 heavy (non-hydrogen) atoms. The minimum Gasteiger partial charge on any atom is -0.317 e. The summed E-state index contributed by atoms with van der Waals surface area (Å²) in [6, 6.07) is 9.32. The van der Waals surface area contributed by atoms with Gasteiger partial charge in [0.15, 0.2) is 0 Å². The molecule has 0 unspecified atom stereocenters. The zero-order chi connectivity index (χ0) is 14.0. The number of nitrogens with one attached hydrogen (secondary N) is 1. The first-order valence-electron chi connectivity index (χ1n) is 8.45. The third kappa shape index (κ3) is 3.09. The minimum absolute atomic E-state index is 0.570. The zero-order valence-electron chi connectivity index (χ0n) is 13.1. The summed E-state index contributed by atoms with van der Waals surface area (Å²) in [4.78, 5) is 0. The smallest absolute Gasteiger partial charge is 0.00431 e. The van der Waals surface area contributed by atoms with Crippen molar-refractivity contribution in [1.82, 2.24) is 5.32 Å². The second-order valence-corrected chi connectivity index (χ2v) is 7.59. The van der Waals surface area contributed by atoms with Crippen LogP contribution < -0.4 is 5.32 Å². The molecule has 2 fully saturated rings. The predicted octanol–water partition coefficient (Wildman–Crippen LogP) is 4.84. The molecule has 1 aromatic carbocycles. The third-order valence-electron chi connectivity index (χ3n) is 5.55. The average molecular weight is 271 g/mol. The fraction of sp³-hybridized carbons (Fsp3) is 0.684.